The Hall–Kier alpha value is -3.06. The molecule has 0 aliphatic carbocycles. The number of hydrogen-bond acceptors (Lipinski definition) is 5. The van der Waals surface area contributed by atoms with Crippen molar-refractivity contribution >= 4 is 30.8 Å². The van der Waals surface area contributed by atoms with Crippen LogP contribution in [0.2, 0.25) is 0 Å². The van der Waals surface area contributed by atoms with Gasteiger partial charge in [0.2, 0.25) is 5.96 Å². The van der Waals surface area contributed by atoms with Crippen LogP contribution in [0.3, 0.4) is 0 Å². The van der Waals surface area contributed by atoms with Gasteiger partial charge in [-0.3, -0.25) is 0 Å². The lowest BCUT2D eigenvalue weighted by Crippen LogP contribution is -2.26. The van der Waals surface area contributed by atoms with Crippen molar-refractivity contribution in [2.24, 2.45) is 21.0 Å². The summed E-state index contributed by atoms with van der Waals surface area (Å²) in [6.45, 7) is 3.59. The fourth-order valence-electron chi connectivity index (χ4n) is 1.92. The standard InChI is InChI=1S/C17H19N5O2.ClH/c1-11-5-3-7-13(15(11)23)9-19-21-17(18)22-20-10-14-8-4-6-12(2)16(14)24;/h3-10,23-24H,1-2H3,(H3,18,21,22);1H. The smallest absolute Gasteiger partial charge is 0.234 e. The summed E-state index contributed by atoms with van der Waals surface area (Å²) in [6, 6.07) is 10.6. The fourth-order valence-corrected chi connectivity index (χ4v) is 1.92. The Morgan fingerprint density at radius 3 is 2.04 bits per heavy atom. The Kier molecular flexibility index (Phi) is 7.43. The molecule has 0 atom stereocenters. The van der Waals surface area contributed by atoms with Gasteiger partial charge in [0, 0.05) is 11.1 Å². The molecule has 0 heterocycles. The molecule has 0 saturated heterocycles. The van der Waals surface area contributed by atoms with Crippen molar-refractivity contribution in [3.8, 4) is 11.5 Å². The van der Waals surface area contributed by atoms with Gasteiger partial charge in [0.15, 0.2) is 0 Å². The van der Waals surface area contributed by atoms with Crippen molar-refractivity contribution in [3.05, 3.63) is 58.7 Å². The molecule has 0 radical (unpaired) electrons. The van der Waals surface area contributed by atoms with Crippen LogP contribution in [0.5, 0.6) is 11.5 Å². The van der Waals surface area contributed by atoms with Crippen LogP contribution in [-0.2, 0) is 0 Å². The predicted molar refractivity (Wildman–Crippen MR) is 103 cm³/mol. The van der Waals surface area contributed by atoms with Gasteiger partial charge in [-0.05, 0) is 37.1 Å². The van der Waals surface area contributed by atoms with E-state index in [1.165, 1.54) is 12.4 Å². The number of benzene rings is 2. The normalized spacial score (nSPS) is 11.7. The van der Waals surface area contributed by atoms with Gasteiger partial charge in [-0.2, -0.15) is 10.2 Å². The molecule has 0 fully saturated rings. The van der Waals surface area contributed by atoms with E-state index in [1.807, 2.05) is 6.07 Å². The van der Waals surface area contributed by atoms with E-state index in [2.05, 4.69) is 20.7 Å². The van der Waals surface area contributed by atoms with E-state index in [-0.39, 0.29) is 29.9 Å². The zero-order chi connectivity index (χ0) is 17.5. The second kappa shape index (κ2) is 9.29. The number of hydrazone groups is 1. The van der Waals surface area contributed by atoms with Gasteiger partial charge < -0.3 is 15.9 Å². The van der Waals surface area contributed by atoms with Crippen LogP contribution in [0.4, 0.5) is 0 Å². The minimum absolute atomic E-state index is 0. The van der Waals surface area contributed by atoms with Gasteiger partial charge in [-0.25, -0.2) is 5.43 Å². The number of nitrogens with two attached hydrogens (primary N) is 1. The number of aromatic hydroxyl groups is 2. The number of para-hydroxylation sites is 2. The van der Waals surface area contributed by atoms with E-state index in [4.69, 9.17) is 5.73 Å². The van der Waals surface area contributed by atoms with E-state index < -0.39 is 0 Å². The van der Waals surface area contributed by atoms with Gasteiger partial charge >= 0.3 is 0 Å². The maximum atomic E-state index is 9.85. The Morgan fingerprint density at radius 2 is 1.48 bits per heavy atom. The molecule has 8 heteroatoms. The van der Waals surface area contributed by atoms with E-state index in [0.29, 0.717) is 11.1 Å². The first kappa shape index (κ1) is 20.0. The van der Waals surface area contributed by atoms with Gasteiger partial charge in [0.25, 0.3) is 0 Å². The molecule has 2 aromatic rings. The van der Waals surface area contributed by atoms with E-state index in [1.54, 1.807) is 44.2 Å². The maximum absolute atomic E-state index is 9.85. The lowest BCUT2D eigenvalue weighted by Gasteiger charge is -2.02. The van der Waals surface area contributed by atoms with Crippen molar-refractivity contribution in [1.82, 2.24) is 5.43 Å². The van der Waals surface area contributed by atoms with Crippen molar-refractivity contribution in [2.45, 2.75) is 13.8 Å². The van der Waals surface area contributed by atoms with Crippen LogP contribution in [0.1, 0.15) is 22.3 Å². The molecule has 0 bridgehead atoms. The summed E-state index contributed by atoms with van der Waals surface area (Å²) in [5.41, 5.74) is 10.7. The van der Waals surface area contributed by atoms with Crippen molar-refractivity contribution in [2.75, 3.05) is 0 Å². The quantitative estimate of drug-likeness (QED) is 0.380. The topological polar surface area (TPSA) is 116 Å². The highest BCUT2D eigenvalue weighted by Gasteiger charge is 2.01. The molecule has 7 nitrogen and oxygen atoms in total. The number of rotatable bonds is 4. The summed E-state index contributed by atoms with van der Waals surface area (Å²) in [5, 5.41) is 31.1. The van der Waals surface area contributed by atoms with Crippen LogP contribution < -0.4 is 11.2 Å². The Bertz CT molecular complexity index is 819. The number of halogens is 1. The molecule has 132 valence electrons. The summed E-state index contributed by atoms with van der Waals surface area (Å²) in [6.07, 6.45) is 2.83. The van der Waals surface area contributed by atoms with Crippen LogP contribution in [0, 0.1) is 13.8 Å². The van der Waals surface area contributed by atoms with Crippen LogP contribution in [0.25, 0.3) is 0 Å². The molecule has 0 saturated carbocycles. The highest BCUT2D eigenvalue weighted by molar-refractivity contribution is 5.87. The molecule has 0 aliphatic heterocycles. The monoisotopic (exact) mass is 361 g/mol. The van der Waals surface area contributed by atoms with Crippen molar-refractivity contribution in [3.63, 3.8) is 0 Å². The number of phenols is 2. The lowest BCUT2D eigenvalue weighted by atomic mass is 10.1. The fraction of sp³-hybridized carbons (Fsp3) is 0.118. The SMILES string of the molecule is Cc1cccc(C=N/N=C(\N)NN=Cc2cccc(C)c2O)c1O.Cl. The third kappa shape index (κ3) is 5.50. The number of aryl methyl sites for hydroxylation is 2. The molecule has 0 amide bonds. The van der Waals surface area contributed by atoms with E-state index >= 15 is 0 Å². The second-order valence-corrected chi connectivity index (χ2v) is 5.13. The average molecular weight is 362 g/mol. The van der Waals surface area contributed by atoms with E-state index in [9.17, 15) is 10.2 Å². The first-order valence-electron chi connectivity index (χ1n) is 7.21. The molecule has 0 spiro atoms. The summed E-state index contributed by atoms with van der Waals surface area (Å²) < 4.78 is 0. The summed E-state index contributed by atoms with van der Waals surface area (Å²) >= 11 is 0. The number of phenolic OH excluding ortho intramolecular Hbond substituents is 2. The first-order valence-corrected chi connectivity index (χ1v) is 7.21. The molecular weight excluding hydrogens is 342 g/mol. The highest BCUT2D eigenvalue weighted by atomic mass is 35.5. The zero-order valence-electron chi connectivity index (χ0n) is 13.8. The van der Waals surface area contributed by atoms with Gasteiger partial charge in [-0.1, -0.05) is 24.3 Å². The summed E-state index contributed by atoms with van der Waals surface area (Å²) in [4.78, 5) is 0. The highest BCUT2D eigenvalue weighted by Crippen LogP contribution is 2.20. The Morgan fingerprint density at radius 1 is 0.960 bits per heavy atom. The average Bonchev–Trinajstić information content (AvgIpc) is 2.55. The number of nitrogens with one attached hydrogen (secondary N) is 1. The number of guanidine groups is 1. The van der Waals surface area contributed by atoms with Crippen LogP contribution in [0.15, 0.2) is 51.7 Å². The third-order valence-electron chi connectivity index (χ3n) is 3.28. The van der Waals surface area contributed by atoms with Crippen molar-refractivity contribution < 1.29 is 10.2 Å². The summed E-state index contributed by atoms with van der Waals surface area (Å²) in [7, 11) is 0. The van der Waals surface area contributed by atoms with Crippen LogP contribution >= 0.6 is 12.4 Å². The minimum Gasteiger partial charge on any atom is -0.507 e. The maximum Gasteiger partial charge on any atom is 0.234 e. The third-order valence-corrected chi connectivity index (χ3v) is 3.28. The second-order valence-electron chi connectivity index (χ2n) is 5.13. The van der Waals surface area contributed by atoms with Gasteiger partial charge in [-0.15, -0.1) is 17.5 Å². The summed E-state index contributed by atoms with van der Waals surface area (Å²) in [5.74, 6) is 0.282. The predicted octanol–water partition coefficient (Wildman–Crippen LogP) is 2.41. The Labute approximate surface area is 152 Å². The molecular formula is C17H20ClN5O2. The molecule has 5 N–H and O–H groups in total. The van der Waals surface area contributed by atoms with Gasteiger partial charge in [0.05, 0.1) is 12.4 Å². The molecule has 0 aliphatic rings. The largest absolute Gasteiger partial charge is 0.507 e. The molecule has 25 heavy (non-hydrogen) atoms. The van der Waals surface area contributed by atoms with Crippen molar-refractivity contribution in [1.29, 1.82) is 0 Å². The molecule has 2 aromatic carbocycles. The molecule has 0 aromatic heterocycles. The van der Waals surface area contributed by atoms with Crippen LogP contribution in [-0.4, -0.2) is 28.6 Å². The van der Waals surface area contributed by atoms with Gasteiger partial charge in [0.1, 0.15) is 11.5 Å². The Balaban J connectivity index is 0.00000312. The molecule has 0 unspecified atom stereocenters. The lowest BCUT2D eigenvalue weighted by molar-refractivity contribution is 0.470. The number of nitrogens with zero attached hydrogens (tertiary/aromatic N) is 3. The number of hydrogen-bond donors (Lipinski definition) is 4. The van der Waals surface area contributed by atoms with E-state index in [0.717, 1.165) is 11.1 Å². The first-order chi connectivity index (χ1) is 11.5. The minimum atomic E-state index is -0.0261. The molecule has 2 rings (SSSR count). The zero-order valence-corrected chi connectivity index (χ0v) is 14.7.